The molecule has 0 aliphatic heterocycles. The number of ether oxygens (including phenoxy) is 1. The maximum absolute atomic E-state index is 12.8. The first-order valence-electron chi connectivity index (χ1n) is 10.9. The van der Waals surface area contributed by atoms with Crippen LogP contribution in [0, 0.1) is 11.7 Å². The summed E-state index contributed by atoms with van der Waals surface area (Å²) in [5.41, 5.74) is 3.07. The molecular formula is C26H24N4O3S2. The average Bonchev–Trinajstić information content (AvgIpc) is 3.18. The van der Waals surface area contributed by atoms with Crippen LogP contribution in [0.5, 0.6) is 0 Å². The summed E-state index contributed by atoms with van der Waals surface area (Å²) in [6, 6.07) is 24.5. The van der Waals surface area contributed by atoms with E-state index in [2.05, 4.69) is 41.6 Å². The number of hydrogen-bond donors (Lipinski definition) is 1. The fourth-order valence-electron chi connectivity index (χ4n) is 3.41. The number of aryl methyl sites for hydroxylation is 1. The molecule has 1 aromatic heterocycles. The number of esters is 1. The molecule has 3 aromatic carbocycles. The lowest BCUT2D eigenvalue weighted by atomic mass is 10.2. The maximum atomic E-state index is 12.8. The molecule has 0 radical (unpaired) electrons. The van der Waals surface area contributed by atoms with Crippen molar-refractivity contribution in [1.29, 1.82) is 0 Å². The molecule has 0 saturated heterocycles. The number of aromatic nitrogens is 3. The van der Waals surface area contributed by atoms with Crippen LogP contribution in [-0.4, -0.2) is 33.3 Å². The van der Waals surface area contributed by atoms with E-state index in [1.165, 1.54) is 17.4 Å². The van der Waals surface area contributed by atoms with Gasteiger partial charge in [0.15, 0.2) is 0 Å². The molecule has 35 heavy (non-hydrogen) atoms. The predicted octanol–water partition coefficient (Wildman–Crippen LogP) is 5.43. The summed E-state index contributed by atoms with van der Waals surface area (Å²) in [6.07, 6.45) is 0. The number of para-hydroxylation sites is 1. The van der Waals surface area contributed by atoms with E-state index in [0.717, 1.165) is 16.4 Å². The Morgan fingerprint density at radius 1 is 1.00 bits per heavy atom. The van der Waals surface area contributed by atoms with Crippen molar-refractivity contribution in [1.82, 2.24) is 14.3 Å². The van der Waals surface area contributed by atoms with Gasteiger partial charge in [-0.25, -0.2) is 9.48 Å². The van der Waals surface area contributed by atoms with Gasteiger partial charge in [0.25, 0.3) is 0 Å². The number of nitrogens with zero attached hydrogens (tertiary/aromatic N) is 3. The van der Waals surface area contributed by atoms with Crippen LogP contribution >= 0.6 is 24.0 Å². The number of hydrogen-bond acceptors (Lipinski definition) is 6. The number of rotatable bonds is 8. The molecular weight excluding hydrogens is 480 g/mol. The Labute approximate surface area is 212 Å². The molecule has 0 fully saturated rings. The normalized spacial score (nSPS) is 10.7. The molecule has 9 heteroatoms. The van der Waals surface area contributed by atoms with E-state index in [1.54, 1.807) is 36.0 Å². The van der Waals surface area contributed by atoms with Gasteiger partial charge in [-0.05, 0) is 67.7 Å². The molecule has 1 amide bonds. The Morgan fingerprint density at radius 2 is 1.69 bits per heavy atom. The third-order valence-electron chi connectivity index (χ3n) is 5.19. The summed E-state index contributed by atoms with van der Waals surface area (Å²) >= 11 is 7.37. The van der Waals surface area contributed by atoms with Crippen molar-refractivity contribution >= 4 is 41.5 Å². The molecule has 0 bridgehead atoms. The van der Waals surface area contributed by atoms with Gasteiger partial charge in [-0.15, -0.1) is 11.8 Å². The third kappa shape index (κ3) is 6.06. The SMILES string of the molecule is COC(=O)c1ccc(NC(=O)Cn2nc(CSc3ccc(C)cc3)n(-c3ccccc3)c2=S)cc1. The Balaban J connectivity index is 1.54. The van der Waals surface area contributed by atoms with E-state index in [1.807, 2.05) is 34.9 Å². The smallest absolute Gasteiger partial charge is 0.337 e. The van der Waals surface area contributed by atoms with E-state index in [0.29, 0.717) is 21.8 Å². The Hall–Kier alpha value is -3.69. The highest BCUT2D eigenvalue weighted by atomic mass is 32.2. The second-order valence-corrected chi connectivity index (χ2v) is 9.16. The van der Waals surface area contributed by atoms with Gasteiger partial charge in [0.1, 0.15) is 12.4 Å². The number of nitrogens with one attached hydrogen (secondary N) is 1. The zero-order chi connectivity index (χ0) is 24.8. The van der Waals surface area contributed by atoms with Crippen LogP contribution in [0.3, 0.4) is 0 Å². The minimum atomic E-state index is -0.434. The van der Waals surface area contributed by atoms with Crippen molar-refractivity contribution in [2.24, 2.45) is 0 Å². The maximum Gasteiger partial charge on any atom is 0.337 e. The fourth-order valence-corrected chi connectivity index (χ4v) is 4.54. The molecule has 178 valence electrons. The highest BCUT2D eigenvalue weighted by molar-refractivity contribution is 7.98. The van der Waals surface area contributed by atoms with Crippen LogP contribution < -0.4 is 5.32 Å². The predicted molar refractivity (Wildman–Crippen MR) is 140 cm³/mol. The Morgan fingerprint density at radius 3 is 2.34 bits per heavy atom. The minimum Gasteiger partial charge on any atom is -0.465 e. The van der Waals surface area contributed by atoms with Gasteiger partial charge in [0.2, 0.25) is 10.7 Å². The van der Waals surface area contributed by atoms with Crippen molar-refractivity contribution in [3.63, 3.8) is 0 Å². The molecule has 7 nitrogen and oxygen atoms in total. The summed E-state index contributed by atoms with van der Waals surface area (Å²) < 4.78 is 8.57. The van der Waals surface area contributed by atoms with E-state index >= 15 is 0 Å². The van der Waals surface area contributed by atoms with Crippen LogP contribution in [0.2, 0.25) is 0 Å². The molecule has 0 saturated carbocycles. The summed E-state index contributed by atoms with van der Waals surface area (Å²) in [4.78, 5) is 25.5. The minimum absolute atomic E-state index is 0.0420. The quantitative estimate of drug-likeness (QED) is 0.196. The fraction of sp³-hybridized carbons (Fsp3) is 0.154. The molecule has 0 unspecified atom stereocenters. The first-order chi connectivity index (χ1) is 16.9. The highest BCUT2D eigenvalue weighted by Gasteiger charge is 2.15. The summed E-state index contributed by atoms with van der Waals surface area (Å²) in [5.74, 6) is 0.631. The average molecular weight is 505 g/mol. The van der Waals surface area contributed by atoms with Crippen molar-refractivity contribution in [3.05, 3.63) is 101 Å². The van der Waals surface area contributed by atoms with Gasteiger partial charge in [-0.3, -0.25) is 9.36 Å². The zero-order valence-corrected chi connectivity index (χ0v) is 20.9. The standard InChI is InChI=1S/C26H24N4O3S2/c1-18-8-14-22(15-9-18)35-17-23-28-29(26(34)30(23)21-6-4-3-5-7-21)16-24(31)27-20-12-10-19(11-13-20)25(32)33-2/h3-15H,16-17H2,1-2H3,(H,27,31). The van der Waals surface area contributed by atoms with Crippen molar-refractivity contribution < 1.29 is 14.3 Å². The number of methoxy groups -OCH3 is 1. The van der Waals surface area contributed by atoms with Crippen LogP contribution in [-0.2, 0) is 21.8 Å². The molecule has 4 aromatic rings. The van der Waals surface area contributed by atoms with Crippen molar-refractivity contribution in [2.45, 2.75) is 24.1 Å². The van der Waals surface area contributed by atoms with Gasteiger partial charge in [0.05, 0.1) is 18.4 Å². The monoisotopic (exact) mass is 504 g/mol. The lowest BCUT2D eigenvalue weighted by molar-refractivity contribution is -0.116. The van der Waals surface area contributed by atoms with E-state index in [9.17, 15) is 9.59 Å². The second-order valence-electron chi connectivity index (χ2n) is 7.75. The first kappa shape index (κ1) is 24.4. The number of thioether (sulfide) groups is 1. The number of benzene rings is 3. The largest absolute Gasteiger partial charge is 0.465 e. The van der Waals surface area contributed by atoms with Gasteiger partial charge in [-0.2, -0.15) is 5.10 Å². The molecule has 1 heterocycles. The van der Waals surface area contributed by atoms with Gasteiger partial charge >= 0.3 is 5.97 Å². The van der Waals surface area contributed by atoms with E-state index in [-0.39, 0.29) is 12.5 Å². The van der Waals surface area contributed by atoms with Gasteiger partial charge < -0.3 is 10.1 Å². The highest BCUT2D eigenvalue weighted by Crippen LogP contribution is 2.24. The Bertz CT molecular complexity index is 1380. The summed E-state index contributed by atoms with van der Waals surface area (Å²) in [6.45, 7) is 2.01. The number of carbonyl (C=O) groups is 2. The summed E-state index contributed by atoms with van der Waals surface area (Å²) in [5, 5.41) is 7.50. The molecule has 4 rings (SSSR count). The first-order valence-corrected chi connectivity index (χ1v) is 12.3. The lowest BCUT2D eigenvalue weighted by Crippen LogP contribution is -2.20. The summed E-state index contributed by atoms with van der Waals surface area (Å²) in [7, 11) is 1.32. The van der Waals surface area contributed by atoms with Gasteiger partial charge in [0, 0.05) is 16.3 Å². The van der Waals surface area contributed by atoms with Crippen molar-refractivity contribution in [2.75, 3.05) is 12.4 Å². The van der Waals surface area contributed by atoms with E-state index in [4.69, 9.17) is 17.0 Å². The Kier molecular flexibility index (Phi) is 7.79. The third-order valence-corrected chi connectivity index (χ3v) is 6.59. The molecule has 0 aliphatic rings. The molecule has 0 aliphatic carbocycles. The van der Waals surface area contributed by atoms with Crippen LogP contribution in [0.25, 0.3) is 5.69 Å². The van der Waals surface area contributed by atoms with Gasteiger partial charge in [-0.1, -0.05) is 35.9 Å². The number of amides is 1. The second kappa shape index (κ2) is 11.2. The number of carbonyl (C=O) groups excluding carboxylic acids is 2. The lowest BCUT2D eigenvalue weighted by Gasteiger charge is -2.07. The molecule has 0 spiro atoms. The topological polar surface area (TPSA) is 78.2 Å². The van der Waals surface area contributed by atoms with Crippen LogP contribution in [0.1, 0.15) is 21.7 Å². The molecule has 1 N–H and O–H groups in total. The van der Waals surface area contributed by atoms with Crippen LogP contribution in [0.4, 0.5) is 5.69 Å². The van der Waals surface area contributed by atoms with E-state index < -0.39 is 5.97 Å². The van der Waals surface area contributed by atoms with Crippen LogP contribution in [0.15, 0.2) is 83.8 Å². The molecule has 0 atom stereocenters. The zero-order valence-electron chi connectivity index (χ0n) is 19.3. The van der Waals surface area contributed by atoms with Crippen molar-refractivity contribution in [3.8, 4) is 5.69 Å². The number of anilines is 1.